The lowest BCUT2D eigenvalue weighted by Crippen LogP contribution is -2.37. The van der Waals surface area contributed by atoms with Crippen molar-refractivity contribution in [2.75, 3.05) is 6.54 Å². The fourth-order valence-corrected chi connectivity index (χ4v) is 3.52. The first kappa shape index (κ1) is 17.2. The summed E-state index contributed by atoms with van der Waals surface area (Å²) < 4.78 is 1.78. The molecule has 1 amide bonds. The van der Waals surface area contributed by atoms with E-state index in [4.69, 9.17) is 0 Å². The Morgan fingerprint density at radius 3 is 2.60 bits per heavy atom. The Hall–Kier alpha value is -2.63. The number of rotatable bonds is 3. The van der Waals surface area contributed by atoms with Crippen molar-refractivity contribution in [3.63, 3.8) is 0 Å². The monoisotopic (exact) mass is 341 g/mol. The highest BCUT2D eigenvalue weighted by atomic mass is 16.4. The van der Waals surface area contributed by atoms with Crippen LogP contribution in [0.1, 0.15) is 40.5 Å². The Balaban J connectivity index is 1.93. The summed E-state index contributed by atoms with van der Waals surface area (Å²) in [7, 11) is 0. The first-order valence-electron chi connectivity index (χ1n) is 8.47. The number of amides is 1. The highest BCUT2D eigenvalue weighted by molar-refractivity contribution is 5.96. The smallest absolute Gasteiger partial charge is 0.308 e. The molecule has 1 N–H and O–H groups in total. The molecule has 25 heavy (non-hydrogen) atoms. The summed E-state index contributed by atoms with van der Waals surface area (Å²) in [5, 5.41) is 13.7. The number of hydrogen-bond acceptors (Lipinski definition) is 3. The van der Waals surface area contributed by atoms with Crippen molar-refractivity contribution < 1.29 is 14.7 Å². The quantitative estimate of drug-likeness (QED) is 0.931. The van der Waals surface area contributed by atoms with Gasteiger partial charge < -0.3 is 10.0 Å². The van der Waals surface area contributed by atoms with Gasteiger partial charge in [-0.05, 0) is 51.3 Å². The molecular weight excluding hydrogens is 318 g/mol. The second-order valence-electron chi connectivity index (χ2n) is 6.82. The van der Waals surface area contributed by atoms with Crippen molar-refractivity contribution in [3.8, 4) is 5.69 Å². The summed E-state index contributed by atoms with van der Waals surface area (Å²) >= 11 is 0. The van der Waals surface area contributed by atoms with E-state index in [1.54, 1.807) is 22.7 Å². The van der Waals surface area contributed by atoms with Crippen LogP contribution >= 0.6 is 0 Å². The minimum absolute atomic E-state index is 0.148. The number of aryl methyl sites for hydroxylation is 2. The average Bonchev–Trinajstić information content (AvgIpc) is 3.12. The molecule has 6 nitrogen and oxygen atoms in total. The molecule has 1 saturated heterocycles. The third-order valence-electron chi connectivity index (χ3n) is 5.17. The molecule has 6 heteroatoms. The number of hydrogen-bond donors (Lipinski definition) is 1. The maximum Gasteiger partial charge on any atom is 0.308 e. The van der Waals surface area contributed by atoms with E-state index in [2.05, 4.69) is 5.10 Å². The molecule has 3 rings (SSSR count). The van der Waals surface area contributed by atoms with Crippen LogP contribution in [0.5, 0.6) is 0 Å². The lowest BCUT2D eigenvalue weighted by molar-refractivity contribution is -0.142. The molecule has 1 fully saturated rings. The predicted octanol–water partition coefficient (Wildman–Crippen LogP) is 2.73. The van der Waals surface area contributed by atoms with E-state index in [0.717, 1.165) is 22.5 Å². The maximum absolute atomic E-state index is 12.9. The molecule has 2 atom stereocenters. The summed E-state index contributed by atoms with van der Waals surface area (Å²) in [6.45, 7) is 8.17. The standard InChI is InChI=1S/C19H23N3O3/c1-11-5-6-12(2)17(9-11)22-14(4)16(10-20-22)18(23)21-8-7-15(13(21)3)19(24)25/h5-6,9-10,13,15H,7-8H2,1-4H3,(H,24,25). The van der Waals surface area contributed by atoms with Crippen molar-refractivity contribution in [2.45, 2.75) is 40.2 Å². The van der Waals surface area contributed by atoms with E-state index in [-0.39, 0.29) is 11.9 Å². The zero-order valence-corrected chi connectivity index (χ0v) is 15.0. The van der Waals surface area contributed by atoms with Crippen molar-refractivity contribution in [3.05, 3.63) is 46.8 Å². The second kappa shape index (κ2) is 6.35. The van der Waals surface area contributed by atoms with Gasteiger partial charge in [0, 0.05) is 12.6 Å². The van der Waals surface area contributed by atoms with Crippen molar-refractivity contribution >= 4 is 11.9 Å². The van der Waals surface area contributed by atoms with Crippen LogP contribution in [-0.4, -0.2) is 44.3 Å². The van der Waals surface area contributed by atoms with Crippen LogP contribution in [0, 0.1) is 26.7 Å². The summed E-state index contributed by atoms with van der Waals surface area (Å²) in [6, 6.07) is 5.81. The molecule has 2 unspecified atom stereocenters. The number of aliphatic carboxylic acids is 1. The predicted molar refractivity (Wildman–Crippen MR) is 94.0 cm³/mol. The minimum atomic E-state index is -0.842. The van der Waals surface area contributed by atoms with E-state index in [1.807, 2.05) is 39.0 Å². The highest BCUT2D eigenvalue weighted by Crippen LogP contribution is 2.27. The van der Waals surface area contributed by atoms with Crippen LogP contribution in [0.25, 0.3) is 5.69 Å². The second-order valence-corrected chi connectivity index (χ2v) is 6.82. The normalized spacial score (nSPS) is 20.1. The van der Waals surface area contributed by atoms with E-state index in [1.165, 1.54) is 0 Å². The molecule has 2 aromatic rings. The van der Waals surface area contributed by atoms with Gasteiger partial charge in [-0.2, -0.15) is 5.10 Å². The lowest BCUT2D eigenvalue weighted by atomic mass is 10.0. The van der Waals surface area contributed by atoms with E-state index < -0.39 is 11.9 Å². The van der Waals surface area contributed by atoms with Crippen LogP contribution in [0.4, 0.5) is 0 Å². The van der Waals surface area contributed by atoms with Gasteiger partial charge in [-0.3, -0.25) is 9.59 Å². The van der Waals surface area contributed by atoms with Gasteiger partial charge >= 0.3 is 5.97 Å². The molecule has 0 aliphatic carbocycles. The third kappa shape index (κ3) is 2.92. The molecule has 132 valence electrons. The summed E-state index contributed by atoms with van der Waals surface area (Å²) in [5.41, 5.74) is 4.45. The third-order valence-corrected chi connectivity index (χ3v) is 5.17. The number of carbonyl (C=O) groups is 2. The fraction of sp³-hybridized carbons (Fsp3) is 0.421. The van der Waals surface area contributed by atoms with Gasteiger partial charge in [0.05, 0.1) is 29.1 Å². The maximum atomic E-state index is 12.9. The van der Waals surface area contributed by atoms with Gasteiger partial charge in [-0.25, -0.2) is 4.68 Å². The Bertz CT molecular complexity index is 840. The van der Waals surface area contributed by atoms with Gasteiger partial charge in [-0.1, -0.05) is 12.1 Å². The van der Waals surface area contributed by atoms with Gasteiger partial charge in [0.15, 0.2) is 0 Å². The number of nitrogens with zero attached hydrogens (tertiary/aromatic N) is 3. The molecule has 1 aromatic heterocycles. The molecule has 1 aromatic carbocycles. The fourth-order valence-electron chi connectivity index (χ4n) is 3.52. The Kier molecular flexibility index (Phi) is 4.37. The molecule has 1 aliphatic heterocycles. The van der Waals surface area contributed by atoms with Crippen molar-refractivity contribution in [1.29, 1.82) is 0 Å². The largest absolute Gasteiger partial charge is 0.481 e. The number of benzene rings is 1. The summed E-state index contributed by atoms with van der Waals surface area (Å²) in [4.78, 5) is 25.9. The Morgan fingerprint density at radius 1 is 1.24 bits per heavy atom. The molecule has 0 bridgehead atoms. The van der Waals surface area contributed by atoms with Crippen molar-refractivity contribution in [1.82, 2.24) is 14.7 Å². The van der Waals surface area contributed by atoms with Gasteiger partial charge in [-0.15, -0.1) is 0 Å². The number of likely N-dealkylation sites (tertiary alicyclic amines) is 1. The van der Waals surface area contributed by atoms with Crippen LogP contribution in [0.3, 0.4) is 0 Å². The number of carboxylic acids is 1. The van der Waals surface area contributed by atoms with Crippen LogP contribution in [0.15, 0.2) is 24.4 Å². The molecular formula is C19H23N3O3. The average molecular weight is 341 g/mol. The number of carboxylic acid groups (broad SMARTS) is 1. The van der Waals surface area contributed by atoms with Crippen LogP contribution < -0.4 is 0 Å². The van der Waals surface area contributed by atoms with Crippen molar-refractivity contribution in [2.24, 2.45) is 5.92 Å². The zero-order valence-electron chi connectivity index (χ0n) is 15.0. The highest BCUT2D eigenvalue weighted by Gasteiger charge is 2.39. The number of carbonyl (C=O) groups excluding carboxylic acids is 1. The molecule has 0 saturated carbocycles. The zero-order chi connectivity index (χ0) is 18.3. The Labute approximate surface area is 147 Å². The van der Waals surface area contributed by atoms with Gasteiger partial charge in [0.2, 0.25) is 0 Å². The van der Waals surface area contributed by atoms with Gasteiger partial charge in [0.1, 0.15) is 0 Å². The first-order valence-corrected chi connectivity index (χ1v) is 8.47. The minimum Gasteiger partial charge on any atom is -0.481 e. The van der Waals surface area contributed by atoms with Crippen LogP contribution in [0.2, 0.25) is 0 Å². The Morgan fingerprint density at radius 2 is 1.96 bits per heavy atom. The summed E-state index contributed by atoms with van der Waals surface area (Å²) in [5.74, 6) is -1.49. The topological polar surface area (TPSA) is 75.4 Å². The number of aromatic nitrogens is 2. The van der Waals surface area contributed by atoms with E-state index in [0.29, 0.717) is 18.5 Å². The van der Waals surface area contributed by atoms with E-state index >= 15 is 0 Å². The first-order chi connectivity index (χ1) is 11.8. The molecule has 2 heterocycles. The molecule has 0 radical (unpaired) electrons. The molecule has 1 aliphatic rings. The SMILES string of the molecule is Cc1ccc(C)c(-n2ncc(C(=O)N3CCC(C(=O)O)C3C)c2C)c1. The summed E-state index contributed by atoms with van der Waals surface area (Å²) in [6.07, 6.45) is 2.08. The lowest BCUT2D eigenvalue weighted by Gasteiger charge is -2.23. The van der Waals surface area contributed by atoms with E-state index in [9.17, 15) is 14.7 Å². The van der Waals surface area contributed by atoms with Crippen LogP contribution in [-0.2, 0) is 4.79 Å². The van der Waals surface area contributed by atoms with Gasteiger partial charge in [0.25, 0.3) is 5.91 Å². The molecule has 0 spiro atoms.